The molecule has 1 aromatic heterocycles. The van der Waals surface area contributed by atoms with Crippen LogP contribution in [0.4, 0.5) is 0 Å². The van der Waals surface area contributed by atoms with Crippen LogP contribution in [-0.4, -0.2) is 22.6 Å². The molecule has 0 unspecified atom stereocenters. The monoisotopic (exact) mass is 756 g/mol. The van der Waals surface area contributed by atoms with E-state index < -0.39 is 10.8 Å². The summed E-state index contributed by atoms with van der Waals surface area (Å²) in [6.07, 6.45) is 1.86. The second-order valence-electron chi connectivity index (χ2n) is 12.0. The summed E-state index contributed by atoms with van der Waals surface area (Å²) in [6, 6.07) is 29.1. The van der Waals surface area contributed by atoms with Gasteiger partial charge in [-0.2, -0.15) is 0 Å². The summed E-state index contributed by atoms with van der Waals surface area (Å²) in [6.45, 7) is 10.8. The third-order valence-electron chi connectivity index (χ3n) is 6.81. The molecule has 1 N–H and O–H groups in total. The molecule has 4 aromatic rings. The first-order valence-electron chi connectivity index (χ1n) is 13.9. The van der Waals surface area contributed by atoms with Crippen LogP contribution in [0.25, 0.3) is 11.3 Å². The van der Waals surface area contributed by atoms with E-state index in [9.17, 15) is 9.90 Å². The van der Waals surface area contributed by atoms with Crippen LogP contribution in [0.2, 0.25) is 0 Å². The quantitative estimate of drug-likeness (QED) is 0.0887. The minimum Gasteiger partial charge on any atom is -0.512 e. The molecular weight excluding hydrogens is 722 g/mol. The van der Waals surface area contributed by atoms with Crippen LogP contribution in [-0.2, 0) is 24.9 Å². The van der Waals surface area contributed by atoms with E-state index in [1.54, 1.807) is 41.5 Å². The molecule has 0 saturated heterocycles. The third kappa shape index (κ3) is 6.59. The predicted molar refractivity (Wildman–Crippen MR) is 169 cm³/mol. The van der Waals surface area contributed by atoms with Gasteiger partial charge in [0.15, 0.2) is 5.78 Å². The van der Waals surface area contributed by atoms with Crippen molar-refractivity contribution in [3.05, 3.63) is 96.9 Å². The van der Waals surface area contributed by atoms with Gasteiger partial charge >= 0.3 is 0 Å². The number of aliphatic hydroxyl groups is 1. The first kappa shape index (κ1) is 29.9. The number of allylic oxidation sites excluding steroid dienone is 2. The van der Waals surface area contributed by atoms with Crippen molar-refractivity contribution < 1.29 is 31.4 Å². The Kier molecular flexibility index (Phi) is 9.01. The largest absolute Gasteiger partial charge is 0.512 e. The van der Waals surface area contributed by atoms with Crippen molar-refractivity contribution in [2.45, 2.75) is 61.1 Å². The fourth-order valence-electron chi connectivity index (χ4n) is 4.51. The summed E-state index contributed by atoms with van der Waals surface area (Å²) in [4.78, 5) is 21.6. The average Bonchev–Trinajstić information content (AvgIpc) is 2.95. The van der Waals surface area contributed by atoms with Crippen LogP contribution >= 0.6 is 23.5 Å². The zero-order valence-electron chi connectivity index (χ0n) is 25.0. The van der Waals surface area contributed by atoms with Crippen molar-refractivity contribution in [2.24, 2.45) is 10.8 Å². The number of carbonyl (C=O) groups is 1. The van der Waals surface area contributed by atoms with Crippen LogP contribution < -0.4 is 16.4 Å². The van der Waals surface area contributed by atoms with Gasteiger partial charge in [0.2, 0.25) is 6.71 Å². The first-order chi connectivity index (χ1) is 19.4. The molecule has 6 rings (SSSR count). The van der Waals surface area contributed by atoms with Crippen molar-refractivity contribution in [1.29, 1.82) is 0 Å². The number of hydrogen-bond donors (Lipinski definition) is 1. The number of hydrogen-bond acceptors (Lipinski definition) is 5. The molecule has 0 atom stereocenters. The molecule has 2 aliphatic heterocycles. The van der Waals surface area contributed by atoms with Gasteiger partial charge in [-0.15, -0.1) is 46.7 Å². The number of aliphatic hydroxyl groups excluding tert-OH is 1. The molecule has 3 aromatic carbocycles. The number of carbonyl (C=O) groups excluding carboxylic acids is 1. The van der Waals surface area contributed by atoms with Gasteiger partial charge in [-0.1, -0.05) is 111 Å². The number of rotatable bonds is 2. The first-order valence-corrected chi connectivity index (χ1v) is 15.0. The second kappa shape index (κ2) is 12.3. The van der Waals surface area contributed by atoms with Gasteiger partial charge < -0.3 is 10.1 Å². The molecule has 0 amide bonds. The molecule has 1 radical (unpaired) electrons. The van der Waals surface area contributed by atoms with E-state index in [2.05, 4.69) is 71.7 Å². The second-order valence-corrected chi connectivity index (χ2v) is 14.1. The van der Waals surface area contributed by atoms with E-state index in [1.807, 2.05) is 41.9 Å². The van der Waals surface area contributed by atoms with E-state index in [-0.39, 0.29) is 44.4 Å². The number of ketones is 1. The topological polar surface area (TPSA) is 50.2 Å². The van der Waals surface area contributed by atoms with Gasteiger partial charge in [-0.3, -0.25) is 4.79 Å². The van der Waals surface area contributed by atoms with Crippen LogP contribution in [0.1, 0.15) is 42.9 Å². The molecule has 211 valence electrons. The van der Waals surface area contributed by atoms with Gasteiger partial charge in [0, 0.05) is 43.2 Å². The minimum atomic E-state index is -0.615. The van der Waals surface area contributed by atoms with Gasteiger partial charge in [0.1, 0.15) is 5.76 Å². The summed E-state index contributed by atoms with van der Waals surface area (Å²) < 4.78 is 7.58. The summed E-state index contributed by atoms with van der Waals surface area (Å²) in [5, 5.41) is 9.66. The number of benzene rings is 3. The van der Waals surface area contributed by atoms with Crippen molar-refractivity contribution in [1.82, 2.24) is 4.98 Å². The van der Waals surface area contributed by atoms with Gasteiger partial charge in [0.05, 0.1) is 1.37 Å². The van der Waals surface area contributed by atoms with E-state index in [1.165, 1.54) is 36.0 Å². The Bertz CT molecular complexity index is 1650. The zero-order chi connectivity index (χ0) is 29.5. The fourth-order valence-corrected chi connectivity index (χ4v) is 6.98. The van der Waals surface area contributed by atoms with E-state index in [0.29, 0.717) is 0 Å². The summed E-state index contributed by atoms with van der Waals surface area (Å²) >= 11 is 3.72. The fraction of sp³-hybridized carbons (Fsp3) is 0.235. The molecule has 0 aliphatic carbocycles. The maximum absolute atomic E-state index is 11.6. The Balaban J connectivity index is 0.000000234. The average molecular weight is 756 g/mol. The summed E-state index contributed by atoms with van der Waals surface area (Å²) in [5.74, 6) is -0.470. The molecule has 3 heterocycles. The Morgan fingerprint density at radius 2 is 1.46 bits per heavy atom. The minimum absolute atomic E-state index is 0. The third-order valence-corrected chi connectivity index (χ3v) is 9.18. The number of fused-ring (bicyclic) bond motifs is 4. The molecule has 7 heteroatoms. The number of nitrogens with zero attached hydrogens (tertiary/aromatic N) is 1. The van der Waals surface area contributed by atoms with Crippen molar-refractivity contribution in [2.75, 3.05) is 0 Å². The van der Waals surface area contributed by atoms with E-state index in [0.717, 1.165) is 11.3 Å². The SMILES string of the molecule is [2H]/C(C(=O)C(C)(C)C)=C(/O)C(C)(C)C.[Ir].[c-]1cc2c3c(c1-c1ccccn1)Sc1ccccc1B3c1ccccc1S2. The smallest absolute Gasteiger partial charge is 0.227 e. The Morgan fingerprint density at radius 1 is 0.878 bits per heavy atom. The normalized spacial score (nSPS) is 14.1. The molecular formula is C34H33BIrNO2S2-. The Labute approximate surface area is 267 Å². The molecule has 3 nitrogen and oxygen atoms in total. The van der Waals surface area contributed by atoms with Gasteiger partial charge in [-0.25, -0.2) is 0 Å². The molecule has 2 aliphatic rings. The number of aromatic nitrogens is 1. The number of pyridine rings is 1. The Hall–Kier alpha value is -2.57. The van der Waals surface area contributed by atoms with Crippen molar-refractivity contribution >= 4 is 52.4 Å². The molecule has 0 fully saturated rings. The summed E-state index contributed by atoms with van der Waals surface area (Å²) in [5.41, 5.74) is 5.17. The van der Waals surface area contributed by atoms with Gasteiger partial charge in [0.25, 0.3) is 0 Å². The van der Waals surface area contributed by atoms with Crippen LogP contribution in [0.15, 0.2) is 110 Å². The maximum atomic E-state index is 11.6. The Morgan fingerprint density at radius 3 is 2.02 bits per heavy atom. The molecule has 0 saturated carbocycles. The van der Waals surface area contributed by atoms with E-state index in [4.69, 9.17) is 1.37 Å². The van der Waals surface area contributed by atoms with Crippen LogP contribution in [0.3, 0.4) is 0 Å². The van der Waals surface area contributed by atoms with Crippen molar-refractivity contribution in [3.63, 3.8) is 0 Å². The maximum Gasteiger partial charge on any atom is 0.227 e. The standard InChI is InChI=1S/C23H13BNS2.C11H20O2.Ir/c1-3-10-19-16(7-1)24-17-8-2-4-11-20(17)27-23-15(18-9-5-6-14-25-18)12-13-21(26-19)22(23)24;1-10(2,3)8(12)7-9(13)11(4,5)6;/h1-11,13-14H;7,12H,1-6H3;/q-1;;/b;8-7-;/i;7D;. The van der Waals surface area contributed by atoms with Crippen LogP contribution in [0.5, 0.6) is 0 Å². The van der Waals surface area contributed by atoms with Gasteiger partial charge in [-0.05, 0) is 33.7 Å². The van der Waals surface area contributed by atoms with Crippen molar-refractivity contribution in [3.8, 4) is 11.3 Å². The van der Waals surface area contributed by atoms with E-state index >= 15 is 0 Å². The molecule has 0 bridgehead atoms. The van der Waals surface area contributed by atoms with Crippen LogP contribution in [0, 0.1) is 16.9 Å². The summed E-state index contributed by atoms with van der Waals surface area (Å²) in [7, 11) is 0. The molecule has 0 spiro atoms. The molecule has 41 heavy (non-hydrogen) atoms. The zero-order valence-corrected chi connectivity index (χ0v) is 28.1. The predicted octanol–water partition coefficient (Wildman–Crippen LogP) is 7.08.